The van der Waals surface area contributed by atoms with Gasteiger partial charge in [-0.15, -0.1) is 0 Å². The molecule has 106 valence electrons. The van der Waals surface area contributed by atoms with Crippen molar-refractivity contribution in [1.82, 2.24) is 0 Å². The number of allylic oxidation sites excluding steroid dienone is 2. The van der Waals surface area contributed by atoms with E-state index in [9.17, 15) is 9.59 Å². The zero-order valence-corrected chi connectivity index (χ0v) is 11.6. The average molecular weight is 281 g/mol. The lowest BCUT2D eigenvalue weighted by Crippen LogP contribution is -2.14. The normalized spacial score (nSPS) is 11.0. The molecule has 0 bridgehead atoms. The summed E-state index contributed by atoms with van der Waals surface area (Å²) in [5.74, 6) is -0.320. The van der Waals surface area contributed by atoms with Crippen molar-refractivity contribution in [3.05, 3.63) is 77.5 Å². The molecule has 0 radical (unpaired) electrons. The van der Waals surface area contributed by atoms with E-state index in [4.69, 9.17) is 10.5 Å². The van der Waals surface area contributed by atoms with Crippen molar-refractivity contribution in [3.63, 3.8) is 0 Å². The van der Waals surface area contributed by atoms with Crippen LogP contribution in [0.4, 0.5) is 0 Å². The van der Waals surface area contributed by atoms with E-state index >= 15 is 0 Å². The van der Waals surface area contributed by atoms with Crippen molar-refractivity contribution in [1.29, 1.82) is 0 Å². The second-order valence-electron chi connectivity index (χ2n) is 4.36. The van der Waals surface area contributed by atoms with Crippen molar-refractivity contribution in [2.24, 2.45) is 5.73 Å². The van der Waals surface area contributed by atoms with Crippen molar-refractivity contribution < 1.29 is 14.3 Å². The monoisotopic (exact) mass is 281 g/mol. The fourth-order valence-corrected chi connectivity index (χ4v) is 1.88. The second kappa shape index (κ2) is 6.52. The molecule has 2 N–H and O–H groups in total. The lowest BCUT2D eigenvalue weighted by atomic mass is 10.0. The highest BCUT2D eigenvalue weighted by Gasteiger charge is 2.15. The van der Waals surface area contributed by atoms with Crippen LogP contribution in [-0.2, 0) is 0 Å². The van der Waals surface area contributed by atoms with Crippen molar-refractivity contribution in [2.75, 3.05) is 7.11 Å². The Morgan fingerprint density at radius 2 is 1.62 bits per heavy atom. The van der Waals surface area contributed by atoms with Crippen LogP contribution in [-0.4, -0.2) is 18.7 Å². The Hall–Kier alpha value is -2.88. The molecule has 4 nitrogen and oxygen atoms in total. The molecular weight excluding hydrogens is 266 g/mol. The number of carbonyl (C=O) groups is 2. The molecule has 0 atom stereocenters. The molecule has 2 aromatic carbocycles. The molecule has 2 aromatic rings. The molecule has 0 unspecified atom stereocenters. The Bertz CT molecular complexity index is 690. The largest absolute Gasteiger partial charge is 0.496 e. The van der Waals surface area contributed by atoms with Gasteiger partial charge in [0, 0.05) is 11.6 Å². The summed E-state index contributed by atoms with van der Waals surface area (Å²) < 4.78 is 5.12. The fraction of sp³-hybridized carbons (Fsp3) is 0.0588. The van der Waals surface area contributed by atoms with Crippen molar-refractivity contribution in [2.45, 2.75) is 0 Å². The molecule has 0 saturated carbocycles. The number of methoxy groups -OCH3 is 1. The number of hydrogen-bond acceptors (Lipinski definition) is 4. The first-order valence-electron chi connectivity index (χ1n) is 6.37. The van der Waals surface area contributed by atoms with Crippen LogP contribution >= 0.6 is 0 Å². The number of rotatable bonds is 5. The van der Waals surface area contributed by atoms with Crippen LogP contribution in [0.5, 0.6) is 5.75 Å². The van der Waals surface area contributed by atoms with Gasteiger partial charge in [0.15, 0.2) is 5.78 Å². The predicted molar refractivity (Wildman–Crippen MR) is 80.4 cm³/mol. The molecule has 0 saturated heterocycles. The molecule has 0 spiro atoms. The summed E-state index contributed by atoms with van der Waals surface area (Å²) in [6.07, 6.45) is 1.14. The van der Waals surface area contributed by atoms with Gasteiger partial charge in [-0.2, -0.15) is 0 Å². The number of nitrogens with two attached hydrogens (primary N) is 1. The Morgan fingerprint density at radius 1 is 1.00 bits per heavy atom. The van der Waals surface area contributed by atoms with E-state index in [1.807, 2.05) is 6.07 Å². The summed E-state index contributed by atoms with van der Waals surface area (Å²) in [6.45, 7) is 0. The van der Waals surface area contributed by atoms with Crippen LogP contribution in [0.1, 0.15) is 20.7 Å². The van der Waals surface area contributed by atoms with E-state index < -0.39 is 5.78 Å². The Balaban J connectivity index is 2.27. The SMILES string of the molecule is COc1ccccc1C(=O)C(N)=CC(=O)c1ccccc1. The summed E-state index contributed by atoms with van der Waals surface area (Å²) >= 11 is 0. The van der Waals surface area contributed by atoms with Gasteiger partial charge >= 0.3 is 0 Å². The standard InChI is InChI=1S/C17H15NO3/c1-21-16-10-6-5-9-13(16)17(20)14(18)11-15(19)12-7-3-2-4-8-12/h2-11H,18H2,1H3. The first-order valence-corrected chi connectivity index (χ1v) is 6.37. The van der Waals surface area contributed by atoms with Gasteiger partial charge < -0.3 is 10.5 Å². The number of para-hydroxylation sites is 1. The molecule has 21 heavy (non-hydrogen) atoms. The van der Waals surface area contributed by atoms with E-state index in [0.29, 0.717) is 16.9 Å². The van der Waals surface area contributed by atoms with Crippen LogP contribution in [0.2, 0.25) is 0 Å². The lowest BCUT2D eigenvalue weighted by molar-refractivity contribution is 0.100. The van der Waals surface area contributed by atoms with Gasteiger partial charge in [-0.25, -0.2) is 0 Å². The summed E-state index contributed by atoms with van der Waals surface area (Å²) in [5, 5.41) is 0. The van der Waals surface area contributed by atoms with E-state index in [1.54, 1.807) is 48.5 Å². The van der Waals surface area contributed by atoms with Gasteiger partial charge in [-0.3, -0.25) is 9.59 Å². The summed E-state index contributed by atoms with van der Waals surface area (Å²) in [6, 6.07) is 15.4. The maximum atomic E-state index is 12.3. The highest BCUT2D eigenvalue weighted by Crippen LogP contribution is 2.19. The molecule has 0 aromatic heterocycles. The zero-order valence-electron chi connectivity index (χ0n) is 11.6. The Morgan fingerprint density at radius 3 is 2.29 bits per heavy atom. The number of ether oxygens (including phenoxy) is 1. The third-order valence-electron chi connectivity index (χ3n) is 2.96. The van der Waals surface area contributed by atoms with Crippen LogP contribution in [0, 0.1) is 0 Å². The molecule has 0 amide bonds. The molecule has 2 rings (SSSR count). The van der Waals surface area contributed by atoms with E-state index in [-0.39, 0.29) is 11.5 Å². The molecule has 0 aliphatic rings. The highest BCUT2D eigenvalue weighted by atomic mass is 16.5. The molecule has 0 heterocycles. The fourth-order valence-electron chi connectivity index (χ4n) is 1.88. The van der Waals surface area contributed by atoms with Gasteiger partial charge in [-0.1, -0.05) is 42.5 Å². The quantitative estimate of drug-likeness (QED) is 0.675. The zero-order chi connectivity index (χ0) is 15.2. The number of hydrogen-bond donors (Lipinski definition) is 1. The smallest absolute Gasteiger partial charge is 0.212 e. The van der Waals surface area contributed by atoms with E-state index in [0.717, 1.165) is 6.08 Å². The minimum Gasteiger partial charge on any atom is -0.496 e. The first-order chi connectivity index (χ1) is 10.1. The lowest BCUT2D eigenvalue weighted by Gasteiger charge is -2.07. The second-order valence-corrected chi connectivity index (χ2v) is 4.36. The van der Waals surface area contributed by atoms with E-state index in [1.165, 1.54) is 7.11 Å². The van der Waals surface area contributed by atoms with Gasteiger partial charge in [0.2, 0.25) is 5.78 Å². The minimum absolute atomic E-state index is 0.117. The van der Waals surface area contributed by atoms with Crippen LogP contribution < -0.4 is 10.5 Å². The van der Waals surface area contributed by atoms with Gasteiger partial charge in [0.25, 0.3) is 0 Å². The third-order valence-corrected chi connectivity index (χ3v) is 2.96. The van der Waals surface area contributed by atoms with Gasteiger partial charge in [0.05, 0.1) is 18.4 Å². The summed E-state index contributed by atoms with van der Waals surface area (Å²) in [7, 11) is 1.47. The Kier molecular flexibility index (Phi) is 4.51. The highest BCUT2D eigenvalue weighted by molar-refractivity contribution is 6.15. The number of Topliss-reactive ketones (excluding diaryl/α,β-unsaturated/α-hetero) is 1. The maximum absolute atomic E-state index is 12.3. The molecule has 4 heteroatoms. The predicted octanol–water partition coefficient (Wildman–Crippen LogP) is 2.60. The number of ketones is 2. The van der Waals surface area contributed by atoms with Crippen molar-refractivity contribution in [3.8, 4) is 5.75 Å². The number of benzene rings is 2. The van der Waals surface area contributed by atoms with Gasteiger partial charge in [-0.05, 0) is 12.1 Å². The molecular formula is C17H15NO3. The molecule has 0 aliphatic heterocycles. The average Bonchev–Trinajstić information content (AvgIpc) is 2.54. The number of carbonyl (C=O) groups excluding carboxylic acids is 2. The van der Waals surface area contributed by atoms with Crippen LogP contribution in [0.15, 0.2) is 66.4 Å². The summed E-state index contributed by atoms with van der Waals surface area (Å²) in [5.41, 5.74) is 6.44. The first kappa shape index (κ1) is 14.5. The summed E-state index contributed by atoms with van der Waals surface area (Å²) in [4.78, 5) is 24.3. The topological polar surface area (TPSA) is 69.4 Å². The van der Waals surface area contributed by atoms with E-state index in [2.05, 4.69) is 0 Å². The third kappa shape index (κ3) is 3.36. The Labute approximate surface area is 122 Å². The maximum Gasteiger partial charge on any atom is 0.212 e. The van der Waals surface area contributed by atoms with Crippen LogP contribution in [0.25, 0.3) is 0 Å². The molecule has 0 fully saturated rings. The minimum atomic E-state index is -0.434. The molecule has 0 aliphatic carbocycles. The van der Waals surface area contributed by atoms with Gasteiger partial charge in [0.1, 0.15) is 5.75 Å². The van der Waals surface area contributed by atoms with Crippen LogP contribution in [0.3, 0.4) is 0 Å². The van der Waals surface area contributed by atoms with Crippen molar-refractivity contribution >= 4 is 11.6 Å².